The fourth-order valence-corrected chi connectivity index (χ4v) is 2.04. The molecule has 0 saturated heterocycles. The number of hydrogen-bond donors (Lipinski definition) is 1. The molecule has 0 amide bonds. The molecule has 2 heterocycles. The van der Waals surface area contributed by atoms with Crippen molar-refractivity contribution in [1.82, 2.24) is 19.7 Å². The number of nitrogens with one attached hydrogen (secondary N) is 1. The van der Waals surface area contributed by atoms with Crippen molar-refractivity contribution in [3.05, 3.63) is 46.1 Å². The second-order valence-electron chi connectivity index (χ2n) is 4.27. The van der Waals surface area contributed by atoms with Gasteiger partial charge in [0.05, 0.1) is 12.2 Å². The first-order valence-corrected chi connectivity index (χ1v) is 5.72. The summed E-state index contributed by atoms with van der Waals surface area (Å²) in [5.74, 6) is 0.807. The van der Waals surface area contributed by atoms with Crippen molar-refractivity contribution in [2.24, 2.45) is 0 Å². The van der Waals surface area contributed by atoms with Gasteiger partial charge in [0.15, 0.2) is 0 Å². The molecule has 3 rings (SSSR count). The molecule has 0 unspecified atom stereocenters. The van der Waals surface area contributed by atoms with Gasteiger partial charge in [-0.25, -0.2) is 4.79 Å². The van der Waals surface area contributed by atoms with Gasteiger partial charge < -0.3 is 5.32 Å². The van der Waals surface area contributed by atoms with Crippen molar-refractivity contribution in [3.8, 4) is 5.69 Å². The molecule has 0 fully saturated rings. The Morgan fingerprint density at radius 1 is 1.29 bits per heavy atom. The van der Waals surface area contributed by atoms with Gasteiger partial charge in [-0.15, -0.1) is 5.10 Å². The second kappa shape index (κ2) is 3.85. The number of benzene rings is 1. The molecule has 0 aliphatic carbocycles. The molecule has 1 N–H and O–H groups in total. The van der Waals surface area contributed by atoms with E-state index in [9.17, 15) is 4.79 Å². The average molecular weight is 230 g/mol. The Morgan fingerprint density at radius 2 is 2.06 bits per heavy atom. The monoisotopic (exact) mass is 230 g/mol. The van der Waals surface area contributed by atoms with Crippen LogP contribution in [0.1, 0.15) is 11.4 Å². The number of aryl methyl sites for hydroxylation is 1. The summed E-state index contributed by atoms with van der Waals surface area (Å²) in [4.78, 5) is 12.1. The highest BCUT2D eigenvalue weighted by Crippen LogP contribution is 2.07. The first-order chi connectivity index (χ1) is 8.25. The van der Waals surface area contributed by atoms with E-state index < -0.39 is 0 Å². The SMILES string of the molecule is Cc1ccc(-n2nc3n(c2=O)CCNC3)cc1. The number of fused-ring (bicyclic) bond motifs is 1. The van der Waals surface area contributed by atoms with Crippen LogP contribution >= 0.6 is 0 Å². The van der Waals surface area contributed by atoms with Crippen molar-refractivity contribution < 1.29 is 0 Å². The first-order valence-electron chi connectivity index (χ1n) is 5.72. The maximum absolute atomic E-state index is 12.1. The Balaban J connectivity index is 2.12. The maximum Gasteiger partial charge on any atom is 0.350 e. The lowest BCUT2D eigenvalue weighted by atomic mass is 10.2. The average Bonchev–Trinajstić information content (AvgIpc) is 2.69. The first kappa shape index (κ1) is 10.3. The lowest BCUT2D eigenvalue weighted by Gasteiger charge is -2.11. The third-order valence-electron chi connectivity index (χ3n) is 3.01. The third-order valence-corrected chi connectivity index (χ3v) is 3.01. The van der Waals surface area contributed by atoms with E-state index in [4.69, 9.17) is 0 Å². The van der Waals surface area contributed by atoms with Crippen LogP contribution in [0.25, 0.3) is 5.69 Å². The molecule has 0 spiro atoms. The molecule has 0 atom stereocenters. The Morgan fingerprint density at radius 3 is 2.76 bits per heavy atom. The van der Waals surface area contributed by atoms with Gasteiger partial charge in [0.1, 0.15) is 5.82 Å². The smallest absolute Gasteiger partial charge is 0.308 e. The van der Waals surface area contributed by atoms with Crippen LogP contribution in [0.2, 0.25) is 0 Å². The van der Waals surface area contributed by atoms with Crippen molar-refractivity contribution in [2.75, 3.05) is 6.54 Å². The highest BCUT2D eigenvalue weighted by Gasteiger charge is 2.16. The summed E-state index contributed by atoms with van der Waals surface area (Å²) in [7, 11) is 0. The highest BCUT2D eigenvalue weighted by molar-refractivity contribution is 5.33. The quantitative estimate of drug-likeness (QED) is 0.773. The van der Waals surface area contributed by atoms with Gasteiger partial charge in [-0.3, -0.25) is 4.57 Å². The minimum atomic E-state index is -0.0506. The van der Waals surface area contributed by atoms with Gasteiger partial charge >= 0.3 is 5.69 Å². The Kier molecular flexibility index (Phi) is 2.33. The Bertz CT molecular complexity index is 594. The lowest BCUT2D eigenvalue weighted by Crippen LogP contribution is -2.34. The van der Waals surface area contributed by atoms with Gasteiger partial charge in [0, 0.05) is 13.1 Å². The van der Waals surface area contributed by atoms with Gasteiger partial charge in [0.25, 0.3) is 0 Å². The Hall–Kier alpha value is -1.88. The predicted octanol–water partition coefficient (Wildman–Crippen LogP) is 0.446. The topological polar surface area (TPSA) is 51.9 Å². The summed E-state index contributed by atoms with van der Waals surface area (Å²) in [6.45, 7) is 4.20. The second-order valence-corrected chi connectivity index (χ2v) is 4.27. The summed E-state index contributed by atoms with van der Waals surface area (Å²) < 4.78 is 3.21. The molecule has 0 radical (unpaired) electrons. The standard InChI is InChI=1S/C12H14N4O/c1-9-2-4-10(5-3-9)16-12(17)15-7-6-13-8-11(15)14-16/h2-5,13H,6-8H2,1H3. The highest BCUT2D eigenvalue weighted by atomic mass is 16.2. The molecule has 5 heteroatoms. The molecule has 2 aromatic rings. The van der Waals surface area contributed by atoms with Crippen molar-refractivity contribution >= 4 is 0 Å². The van der Waals surface area contributed by atoms with E-state index in [-0.39, 0.29) is 5.69 Å². The Labute approximate surface area is 98.7 Å². The number of hydrogen-bond acceptors (Lipinski definition) is 3. The van der Waals surface area contributed by atoms with Crippen LogP contribution in [-0.2, 0) is 13.1 Å². The molecule has 0 bridgehead atoms. The lowest BCUT2D eigenvalue weighted by molar-refractivity contribution is 0.497. The predicted molar refractivity (Wildman–Crippen MR) is 64.3 cm³/mol. The van der Waals surface area contributed by atoms with Crippen molar-refractivity contribution in [1.29, 1.82) is 0 Å². The van der Waals surface area contributed by atoms with Crippen LogP contribution in [0.5, 0.6) is 0 Å². The molecule has 0 saturated carbocycles. The van der Waals surface area contributed by atoms with E-state index in [0.29, 0.717) is 13.1 Å². The van der Waals surface area contributed by atoms with Crippen LogP contribution in [0.3, 0.4) is 0 Å². The van der Waals surface area contributed by atoms with E-state index >= 15 is 0 Å². The van der Waals surface area contributed by atoms with Crippen LogP contribution in [-0.4, -0.2) is 20.9 Å². The van der Waals surface area contributed by atoms with E-state index in [1.807, 2.05) is 31.2 Å². The van der Waals surface area contributed by atoms with Crippen LogP contribution in [0, 0.1) is 6.92 Å². The van der Waals surface area contributed by atoms with E-state index in [2.05, 4.69) is 10.4 Å². The van der Waals surface area contributed by atoms with Crippen molar-refractivity contribution in [3.63, 3.8) is 0 Å². The fraction of sp³-hybridized carbons (Fsp3) is 0.333. The van der Waals surface area contributed by atoms with Gasteiger partial charge in [0.2, 0.25) is 0 Å². The van der Waals surface area contributed by atoms with Crippen LogP contribution < -0.4 is 11.0 Å². The van der Waals surface area contributed by atoms with Crippen molar-refractivity contribution in [2.45, 2.75) is 20.0 Å². The van der Waals surface area contributed by atoms with E-state index in [1.54, 1.807) is 4.57 Å². The van der Waals surface area contributed by atoms with Crippen LogP contribution in [0.4, 0.5) is 0 Å². The maximum atomic E-state index is 12.1. The molecular weight excluding hydrogens is 216 g/mol. The van der Waals surface area contributed by atoms with Crippen LogP contribution in [0.15, 0.2) is 29.1 Å². The van der Waals surface area contributed by atoms with Gasteiger partial charge in [-0.05, 0) is 19.1 Å². The molecule has 1 aliphatic heterocycles. The molecule has 1 aromatic carbocycles. The summed E-state index contributed by atoms with van der Waals surface area (Å²) >= 11 is 0. The summed E-state index contributed by atoms with van der Waals surface area (Å²) in [6.07, 6.45) is 0. The molecule has 1 aliphatic rings. The minimum absolute atomic E-state index is 0.0506. The zero-order valence-corrected chi connectivity index (χ0v) is 9.68. The molecular formula is C12H14N4O. The molecule has 17 heavy (non-hydrogen) atoms. The zero-order valence-electron chi connectivity index (χ0n) is 9.68. The third kappa shape index (κ3) is 1.68. The minimum Gasteiger partial charge on any atom is -0.308 e. The normalized spacial score (nSPS) is 14.6. The number of aromatic nitrogens is 3. The summed E-state index contributed by atoms with van der Waals surface area (Å²) in [5, 5.41) is 7.56. The molecule has 1 aromatic heterocycles. The van der Waals surface area contributed by atoms with E-state index in [1.165, 1.54) is 10.2 Å². The number of rotatable bonds is 1. The molecule has 88 valence electrons. The molecule has 5 nitrogen and oxygen atoms in total. The van der Waals surface area contributed by atoms with E-state index in [0.717, 1.165) is 18.1 Å². The number of nitrogens with zero attached hydrogens (tertiary/aromatic N) is 3. The van der Waals surface area contributed by atoms with Gasteiger partial charge in [-0.2, -0.15) is 4.68 Å². The van der Waals surface area contributed by atoms with Gasteiger partial charge in [-0.1, -0.05) is 17.7 Å². The fourth-order valence-electron chi connectivity index (χ4n) is 2.04. The zero-order chi connectivity index (χ0) is 11.8. The summed E-state index contributed by atoms with van der Waals surface area (Å²) in [5.41, 5.74) is 1.94. The summed E-state index contributed by atoms with van der Waals surface area (Å²) in [6, 6.07) is 7.81. The largest absolute Gasteiger partial charge is 0.350 e.